The lowest BCUT2D eigenvalue weighted by Gasteiger charge is -2.32. The number of carbonyl (C=O) groups is 2. The Kier molecular flexibility index (Phi) is 5.97. The van der Waals surface area contributed by atoms with Crippen LogP contribution in [0.5, 0.6) is 0 Å². The van der Waals surface area contributed by atoms with E-state index in [9.17, 15) is 9.59 Å². The maximum atomic E-state index is 13.1. The van der Waals surface area contributed by atoms with E-state index in [0.29, 0.717) is 58.5 Å². The van der Waals surface area contributed by atoms with Gasteiger partial charge >= 0.3 is 0 Å². The molecule has 0 saturated carbocycles. The summed E-state index contributed by atoms with van der Waals surface area (Å²) in [5.74, 6) is 1.13. The highest BCUT2D eigenvalue weighted by Gasteiger charge is 2.24. The van der Waals surface area contributed by atoms with Crippen molar-refractivity contribution in [3.63, 3.8) is 0 Å². The second kappa shape index (κ2) is 9.08. The van der Waals surface area contributed by atoms with Crippen LogP contribution >= 0.6 is 23.2 Å². The average molecular weight is 498 g/mol. The molecule has 174 valence electrons. The predicted octanol–water partition coefficient (Wildman–Crippen LogP) is 3.90. The van der Waals surface area contributed by atoms with Crippen molar-refractivity contribution in [1.29, 1.82) is 0 Å². The molecule has 0 radical (unpaired) electrons. The van der Waals surface area contributed by atoms with Gasteiger partial charge in [-0.3, -0.25) is 9.59 Å². The highest BCUT2D eigenvalue weighted by molar-refractivity contribution is 6.35. The number of carbonyl (C=O) groups excluding carboxylic acids is 2. The van der Waals surface area contributed by atoms with Gasteiger partial charge in [-0.2, -0.15) is 0 Å². The molecule has 11 heteroatoms. The van der Waals surface area contributed by atoms with Gasteiger partial charge in [-0.1, -0.05) is 23.2 Å². The Morgan fingerprint density at radius 1 is 1.12 bits per heavy atom. The molecule has 1 fully saturated rings. The third kappa shape index (κ3) is 4.24. The zero-order chi connectivity index (χ0) is 23.8. The summed E-state index contributed by atoms with van der Waals surface area (Å²) in [5.41, 5.74) is 2.64. The van der Waals surface area contributed by atoms with Crippen LogP contribution in [0.15, 0.2) is 36.7 Å². The predicted molar refractivity (Wildman–Crippen MR) is 131 cm³/mol. The molecule has 1 unspecified atom stereocenters. The molecule has 2 aromatic heterocycles. The van der Waals surface area contributed by atoms with Crippen LogP contribution in [0.25, 0.3) is 21.9 Å². The topological polar surface area (TPSA) is 107 Å². The normalized spacial score (nSPS) is 15.0. The van der Waals surface area contributed by atoms with E-state index < -0.39 is 0 Å². The van der Waals surface area contributed by atoms with E-state index in [1.54, 1.807) is 28.0 Å². The summed E-state index contributed by atoms with van der Waals surface area (Å²) < 4.78 is 0. The lowest BCUT2D eigenvalue weighted by Crippen LogP contribution is -2.48. The summed E-state index contributed by atoms with van der Waals surface area (Å²) in [5, 5.41) is 5.01. The van der Waals surface area contributed by atoms with Crippen LogP contribution in [0.4, 0.5) is 5.82 Å². The van der Waals surface area contributed by atoms with Crippen LogP contribution in [0.2, 0.25) is 10.0 Å². The Labute approximate surface area is 205 Å². The quantitative estimate of drug-likeness (QED) is 0.405. The van der Waals surface area contributed by atoms with E-state index in [0.717, 1.165) is 23.3 Å². The molecule has 2 amide bonds. The summed E-state index contributed by atoms with van der Waals surface area (Å²) in [4.78, 5) is 44.0. The Morgan fingerprint density at radius 3 is 2.68 bits per heavy atom. The van der Waals surface area contributed by atoms with Crippen LogP contribution in [0.1, 0.15) is 29.1 Å². The number of nitrogens with one attached hydrogen (secondary N) is 2. The van der Waals surface area contributed by atoms with Gasteiger partial charge in [0.25, 0.3) is 5.91 Å². The summed E-state index contributed by atoms with van der Waals surface area (Å²) in [6.07, 6.45) is 2.25. The molecule has 5 rings (SSSR count). The first-order valence-electron chi connectivity index (χ1n) is 10.8. The summed E-state index contributed by atoms with van der Waals surface area (Å²) in [6, 6.07) is 8.69. The van der Waals surface area contributed by atoms with Gasteiger partial charge in [0.2, 0.25) is 6.41 Å². The first-order valence-corrected chi connectivity index (χ1v) is 11.5. The van der Waals surface area contributed by atoms with Crippen molar-refractivity contribution in [2.24, 2.45) is 0 Å². The van der Waals surface area contributed by atoms with Crippen LogP contribution in [0, 0.1) is 0 Å². The highest BCUT2D eigenvalue weighted by Crippen LogP contribution is 2.30. The standard InChI is InChI=1S/C23H21Cl2N7O2/c1-13(21-29-18-3-2-14(24)8-20(18)30-21)28-22-16-9-17(25)15(10-19(16)26-11-27-22)23(34)32-6-4-31(12-33)5-7-32/h2-3,8-13H,4-7H2,1H3,(H,29,30)(H,26,27,28). The van der Waals surface area contributed by atoms with E-state index in [4.69, 9.17) is 23.2 Å². The first kappa shape index (κ1) is 22.4. The van der Waals surface area contributed by atoms with Crippen molar-refractivity contribution < 1.29 is 9.59 Å². The number of hydrogen-bond donors (Lipinski definition) is 2. The van der Waals surface area contributed by atoms with E-state index in [2.05, 4.69) is 25.3 Å². The van der Waals surface area contributed by atoms with Gasteiger partial charge in [0, 0.05) is 36.6 Å². The zero-order valence-electron chi connectivity index (χ0n) is 18.3. The molecule has 0 aliphatic carbocycles. The summed E-state index contributed by atoms with van der Waals surface area (Å²) in [7, 11) is 0. The molecule has 2 N–H and O–H groups in total. The van der Waals surface area contributed by atoms with E-state index in [1.165, 1.54) is 6.33 Å². The monoisotopic (exact) mass is 497 g/mol. The molecule has 1 aliphatic heterocycles. The minimum atomic E-state index is -0.196. The smallest absolute Gasteiger partial charge is 0.255 e. The molecule has 0 spiro atoms. The number of aromatic nitrogens is 4. The number of H-pyrrole nitrogens is 1. The molecule has 2 aromatic carbocycles. The van der Waals surface area contributed by atoms with Gasteiger partial charge in [-0.05, 0) is 37.3 Å². The number of aromatic amines is 1. The minimum absolute atomic E-state index is 0.181. The second-order valence-corrected chi connectivity index (χ2v) is 9.00. The summed E-state index contributed by atoms with van der Waals surface area (Å²) >= 11 is 12.6. The Hall–Kier alpha value is -3.43. The number of amides is 2. The number of piperazine rings is 1. The summed E-state index contributed by atoms with van der Waals surface area (Å²) in [6.45, 7) is 3.89. The number of benzene rings is 2. The fraction of sp³-hybridized carbons (Fsp3) is 0.261. The van der Waals surface area contributed by atoms with Crippen molar-refractivity contribution in [2.75, 3.05) is 31.5 Å². The lowest BCUT2D eigenvalue weighted by molar-refractivity contribution is -0.119. The van der Waals surface area contributed by atoms with Crippen LogP contribution in [-0.4, -0.2) is 68.2 Å². The van der Waals surface area contributed by atoms with Gasteiger partial charge in [-0.15, -0.1) is 0 Å². The Bertz CT molecular complexity index is 1400. The SMILES string of the molecule is CC(Nc1ncnc2cc(C(=O)N3CCN(C=O)CC3)c(Cl)cc12)c1nc2ccc(Cl)cc2[nH]1. The van der Waals surface area contributed by atoms with Crippen LogP contribution in [-0.2, 0) is 4.79 Å². The maximum absolute atomic E-state index is 13.1. The number of halogens is 2. The van der Waals surface area contributed by atoms with E-state index in [-0.39, 0.29) is 11.9 Å². The number of hydrogen-bond acceptors (Lipinski definition) is 6. The van der Waals surface area contributed by atoms with Gasteiger partial charge in [0.05, 0.1) is 33.2 Å². The van der Waals surface area contributed by atoms with Gasteiger partial charge in [-0.25, -0.2) is 15.0 Å². The molecule has 1 saturated heterocycles. The number of fused-ring (bicyclic) bond motifs is 2. The third-order valence-electron chi connectivity index (χ3n) is 5.93. The fourth-order valence-electron chi connectivity index (χ4n) is 4.04. The molecule has 9 nitrogen and oxygen atoms in total. The number of imidazole rings is 1. The fourth-order valence-corrected chi connectivity index (χ4v) is 4.45. The molecule has 3 heterocycles. The molecule has 1 atom stereocenters. The molecule has 34 heavy (non-hydrogen) atoms. The molecular weight excluding hydrogens is 477 g/mol. The number of nitrogens with zero attached hydrogens (tertiary/aromatic N) is 5. The lowest BCUT2D eigenvalue weighted by atomic mass is 10.1. The van der Waals surface area contributed by atoms with E-state index in [1.807, 2.05) is 19.1 Å². The van der Waals surface area contributed by atoms with Crippen molar-refractivity contribution in [1.82, 2.24) is 29.7 Å². The maximum Gasteiger partial charge on any atom is 0.255 e. The van der Waals surface area contributed by atoms with Crippen molar-refractivity contribution >= 4 is 63.3 Å². The second-order valence-electron chi connectivity index (χ2n) is 8.15. The van der Waals surface area contributed by atoms with Gasteiger partial charge in [0.15, 0.2) is 0 Å². The van der Waals surface area contributed by atoms with Crippen LogP contribution < -0.4 is 5.32 Å². The largest absolute Gasteiger partial charge is 0.360 e. The highest BCUT2D eigenvalue weighted by atomic mass is 35.5. The van der Waals surface area contributed by atoms with Crippen molar-refractivity contribution in [3.8, 4) is 0 Å². The first-order chi connectivity index (χ1) is 16.4. The average Bonchev–Trinajstić information content (AvgIpc) is 3.27. The third-order valence-corrected chi connectivity index (χ3v) is 6.48. The zero-order valence-corrected chi connectivity index (χ0v) is 19.8. The molecule has 1 aliphatic rings. The van der Waals surface area contributed by atoms with Gasteiger partial charge < -0.3 is 20.1 Å². The van der Waals surface area contributed by atoms with E-state index >= 15 is 0 Å². The molecule has 0 bridgehead atoms. The molecular formula is C23H21Cl2N7O2. The van der Waals surface area contributed by atoms with Crippen LogP contribution in [0.3, 0.4) is 0 Å². The number of anilines is 1. The van der Waals surface area contributed by atoms with Crippen molar-refractivity contribution in [2.45, 2.75) is 13.0 Å². The molecule has 4 aromatic rings. The van der Waals surface area contributed by atoms with Crippen molar-refractivity contribution in [3.05, 3.63) is 58.1 Å². The Morgan fingerprint density at radius 2 is 1.91 bits per heavy atom. The Balaban J connectivity index is 1.41. The van der Waals surface area contributed by atoms with Gasteiger partial charge in [0.1, 0.15) is 18.0 Å². The number of rotatable bonds is 5. The minimum Gasteiger partial charge on any atom is -0.360 e.